The number of likely N-dealkylation sites (N-methyl/N-ethyl adjacent to an activating group) is 1. The van der Waals surface area contributed by atoms with Crippen LogP contribution >= 0.6 is 0 Å². The van der Waals surface area contributed by atoms with Gasteiger partial charge in [-0.15, -0.1) is 0 Å². The Balaban J connectivity index is 2.11. The van der Waals surface area contributed by atoms with Gasteiger partial charge in [0, 0.05) is 24.8 Å². The zero-order valence-electron chi connectivity index (χ0n) is 10.5. The van der Waals surface area contributed by atoms with Gasteiger partial charge < -0.3 is 15.0 Å². The van der Waals surface area contributed by atoms with Crippen molar-refractivity contribution in [1.82, 2.24) is 4.90 Å². The van der Waals surface area contributed by atoms with E-state index in [-0.39, 0.29) is 12.5 Å². The predicted octanol–water partition coefficient (Wildman–Crippen LogP) is 0.900. The Morgan fingerprint density at radius 3 is 2.94 bits per heavy atom. The molecule has 1 aliphatic rings. The van der Waals surface area contributed by atoms with E-state index < -0.39 is 5.97 Å². The van der Waals surface area contributed by atoms with E-state index in [1.807, 2.05) is 12.1 Å². The standard InChI is InChI=1S/C13H16N2O3/c1-15(8-12(16)18-2)13(17)10-4-3-9-5-6-14-11(9)7-10/h3-4,7,14H,5-6,8H2,1-2H3. The smallest absolute Gasteiger partial charge is 0.325 e. The number of ether oxygens (including phenoxy) is 1. The molecule has 2 rings (SSSR count). The average Bonchev–Trinajstić information content (AvgIpc) is 2.84. The van der Waals surface area contributed by atoms with E-state index in [0.29, 0.717) is 5.56 Å². The van der Waals surface area contributed by atoms with Crippen LogP contribution in [0.15, 0.2) is 18.2 Å². The quantitative estimate of drug-likeness (QED) is 0.807. The Hall–Kier alpha value is -2.04. The Morgan fingerprint density at radius 2 is 2.22 bits per heavy atom. The van der Waals surface area contributed by atoms with Crippen LogP contribution in [-0.2, 0) is 16.0 Å². The summed E-state index contributed by atoms with van der Waals surface area (Å²) in [6, 6.07) is 5.58. The van der Waals surface area contributed by atoms with Gasteiger partial charge in [-0.3, -0.25) is 9.59 Å². The summed E-state index contributed by atoms with van der Waals surface area (Å²) in [6.45, 7) is 0.866. The fraction of sp³-hybridized carbons (Fsp3) is 0.385. The number of nitrogens with one attached hydrogen (secondary N) is 1. The summed E-state index contributed by atoms with van der Waals surface area (Å²) in [5.74, 6) is -0.609. The molecule has 1 aliphatic heterocycles. The first-order valence-corrected chi connectivity index (χ1v) is 5.81. The summed E-state index contributed by atoms with van der Waals surface area (Å²) in [5, 5.41) is 3.22. The Kier molecular flexibility index (Phi) is 3.50. The van der Waals surface area contributed by atoms with Crippen molar-refractivity contribution in [2.24, 2.45) is 0 Å². The SMILES string of the molecule is COC(=O)CN(C)C(=O)c1ccc2c(c1)NCC2. The lowest BCUT2D eigenvalue weighted by molar-refractivity contribution is -0.141. The van der Waals surface area contributed by atoms with Gasteiger partial charge in [-0.1, -0.05) is 6.07 Å². The molecule has 0 spiro atoms. The van der Waals surface area contributed by atoms with Crippen LogP contribution in [0, 0.1) is 0 Å². The lowest BCUT2D eigenvalue weighted by Gasteiger charge is -2.16. The van der Waals surface area contributed by atoms with Crippen LogP contribution in [-0.4, -0.2) is 44.0 Å². The molecule has 0 bridgehead atoms. The summed E-state index contributed by atoms with van der Waals surface area (Å²) in [7, 11) is 2.89. The van der Waals surface area contributed by atoms with E-state index in [0.717, 1.165) is 18.7 Å². The van der Waals surface area contributed by atoms with Gasteiger partial charge in [-0.05, 0) is 24.1 Å². The zero-order valence-corrected chi connectivity index (χ0v) is 10.5. The van der Waals surface area contributed by atoms with Crippen LogP contribution in [0.3, 0.4) is 0 Å². The second-order valence-electron chi connectivity index (χ2n) is 4.29. The third-order valence-corrected chi connectivity index (χ3v) is 3.01. The Bertz CT molecular complexity index is 485. The van der Waals surface area contributed by atoms with Gasteiger partial charge in [-0.2, -0.15) is 0 Å². The maximum atomic E-state index is 12.1. The predicted molar refractivity (Wildman–Crippen MR) is 67.6 cm³/mol. The van der Waals surface area contributed by atoms with E-state index in [1.165, 1.54) is 17.6 Å². The van der Waals surface area contributed by atoms with Crippen molar-refractivity contribution in [1.29, 1.82) is 0 Å². The highest BCUT2D eigenvalue weighted by Gasteiger charge is 2.18. The van der Waals surface area contributed by atoms with Gasteiger partial charge in [0.05, 0.1) is 7.11 Å². The molecule has 96 valence electrons. The van der Waals surface area contributed by atoms with E-state index in [9.17, 15) is 9.59 Å². The third kappa shape index (κ3) is 2.45. The van der Waals surface area contributed by atoms with Crippen LogP contribution in [0.25, 0.3) is 0 Å². The normalized spacial score (nSPS) is 12.6. The molecule has 5 heteroatoms. The van der Waals surface area contributed by atoms with Crippen molar-refractivity contribution < 1.29 is 14.3 Å². The lowest BCUT2D eigenvalue weighted by Crippen LogP contribution is -2.32. The molecule has 18 heavy (non-hydrogen) atoms. The topological polar surface area (TPSA) is 58.6 Å². The van der Waals surface area contributed by atoms with Gasteiger partial charge in [0.15, 0.2) is 0 Å². The highest BCUT2D eigenvalue weighted by Crippen LogP contribution is 2.23. The number of anilines is 1. The van der Waals surface area contributed by atoms with Crippen molar-refractivity contribution in [3.8, 4) is 0 Å². The average molecular weight is 248 g/mol. The second-order valence-corrected chi connectivity index (χ2v) is 4.29. The number of benzene rings is 1. The molecule has 0 unspecified atom stereocenters. The molecule has 1 N–H and O–H groups in total. The Morgan fingerprint density at radius 1 is 1.44 bits per heavy atom. The van der Waals surface area contributed by atoms with Crippen molar-refractivity contribution in [2.75, 3.05) is 32.6 Å². The second kappa shape index (κ2) is 5.08. The fourth-order valence-electron chi connectivity index (χ4n) is 1.97. The minimum absolute atomic E-state index is 0.0418. The van der Waals surface area contributed by atoms with Gasteiger partial charge >= 0.3 is 5.97 Å². The maximum Gasteiger partial charge on any atom is 0.325 e. The zero-order chi connectivity index (χ0) is 13.1. The monoisotopic (exact) mass is 248 g/mol. The third-order valence-electron chi connectivity index (χ3n) is 3.01. The number of nitrogens with zero attached hydrogens (tertiary/aromatic N) is 1. The summed E-state index contributed by atoms with van der Waals surface area (Å²) in [4.78, 5) is 24.6. The number of hydrogen-bond donors (Lipinski definition) is 1. The molecule has 1 amide bonds. The Labute approximate surface area is 106 Å². The molecule has 0 saturated heterocycles. The summed E-state index contributed by atoms with van der Waals surface area (Å²) < 4.78 is 4.54. The van der Waals surface area contributed by atoms with E-state index in [4.69, 9.17) is 0 Å². The number of rotatable bonds is 3. The van der Waals surface area contributed by atoms with Gasteiger partial charge in [0.25, 0.3) is 5.91 Å². The number of carbonyl (C=O) groups excluding carboxylic acids is 2. The molecule has 1 aromatic carbocycles. The lowest BCUT2D eigenvalue weighted by atomic mass is 10.1. The van der Waals surface area contributed by atoms with Crippen molar-refractivity contribution in [3.63, 3.8) is 0 Å². The molecule has 0 aliphatic carbocycles. The number of methoxy groups -OCH3 is 1. The molecule has 5 nitrogen and oxygen atoms in total. The van der Waals surface area contributed by atoms with Gasteiger partial charge in [-0.25, -0.2) is 0 Å². The maximum absolute atomic E-state index is 12.1. The molecule has 0 saturated carbocycles. The number of hydrogen-bond acceptors (Lipinski definition) is 4. The minimum Gasteiger partial charge on any atom is -0.468 e. The molecule has 0 atom stereocenters. The largest absolute Gasteiger partial charge is 0.468 e. The molecule has 0 fully saturated rings. The molecule has 0 aromatic heterocycles. The van der Waals surface area contributed by atoms with Crippen LogP contribution in [0.4, 0.5) is 5.69 Å². The van der Waals surface area contributed by atoms with Crippen molar-refractivity contribution in [2.45, 2.75) is 6.42 Å². The fourth-order valence-corrected chi connectivity index (χ4v) is 1.97. The summed E-state index contributed by atoms with van der Waals surface area (Å²) in [6.07, 6.45) is 0.988. The van der Waals surface area contributed by atoms with Crippen molar-refractivity contribution >= 4 is 17.6 Å². The van der Waals surface area contributed by atoms with E-state index in [1.54, 1.807) is 13.1 Å². The summed E-state index contributed by atoms with van der Waals surface area (Å²) >= 11 is 0. The van der Waals surface area contributed by atoms with Crippen LogP contribution in [0.5, 0.6) is 0 Å². The van der Waals surface area contributed by atoms with Gasteiger partial charge in [0.1, 0.15) is 6.54 Å². The first-order chi connectivity index (χ1) is 8.61. The molecule has 1 heterocycles. The highest BCUT2D eigenvalue weighted by atomic mass is 16.5. The number of esters is 1. The van der Waals surface area contributed by atoms with Gasteiger partial charge in [0.2, 0.25) is 0 Å². The molecular formula is C13H16N2O3. The number of amides is 1. The first-order valence-electron chi connectivity index (χ1n) is 5.81. The van der Waals surface area contributed by atoms with E-state index in [2.05, 4.69) is 10.1 Å². The van der Waals surface area contributed by atoms with Crippen LogP contribution in [0.2, 0.25) is 0 Å². The minimum atomic E-state index is -0.426. The van der Waals surface area contributed by atoms with Crippen LogP contribution < -0.4 is 5.32 Å². The van der Waals surface area contributed by atoms with Crippen molar-refractivity contribution in [3.05, 3.63) is 29.3 Å². The summed E-state index contributed by atoms with van der Waals surface area (Å²) in [5.41, 5.74) is 2.81. The molecule has 1 aromatic rings. The number of carbonyl (C=O) groups is 2. The van der Waals surface area contributed by atoms with Crippen LogP contribution in [0.1, 0.15) is 15.9 Å². The number of fused-ring (bicyclic) bond motifs is 1. The molecular weight excluding hydrogens is 232 g/mol. The first kappa shape index (κ1) is 12.4. The highest BCUT2D eigenvalue weighted by molar-refractivity contribution is 5.96. The molecule has 0 radical (unpaired) electrons. The van der Waals surface area contributed by atoms with E-state index >= 15 is 0 Å².